The lowest BCUT2D eigenvalue weighted by Crippen LogP contribution is -2.51. The maximum Gasteiger partial charge on any atom is 0.407 e. The van der Waals surface area contributed by atoms with E-state index in [9.17, 15) is 9.90 Å². The predicted molar refractivity (Wildman–Crippen MR) is 120 cm³/mol. The average Bonchev–Trinajstić information content (AvgIpc) is 3.12. The summed E-state index contributed by atoms with van der Waals surface area (Å²) in [5.74, 6) is 0.763. The first kappa shape index (κ1) is 20.9. The van der Waals surface area contributed by atoms with Crippen molar-refractivity contribution in [2.75, 3.05) is 20.3 Å². The number of alkyl carbamates (subject to hydrolysis) is 1. The molecule has 1 atom stereocenters. The van der Waals surface area contributed by atoms with Crippen molar-refractivity contribution in [1.29, 1.82) is 0 Å². The summed E-state index contributed by atoms with van der Waals surface area (Å²) >= 11 is 0. The van der Waals surface area contributed by atoms with Crippen molar-refractivity contribution in [2.45, 2.75) is 24.8 Å². The number of aliphatic hydroxyl groups is 1. The van der Waals surface area contributed by atoms with Crippen LogP contribution < -0.4 is 10.1 Å². The number of nitrogens with one attached hydrogen (secondary N) is 1. The quantitative estimate of drug-likeness (QED) is 0.593. The zero-order chi connectivity index (χ0) is 21.8. The van der Waals surface area contributed by atoms with Gasteiger partial charge in [-0.15, -0.1) is 0 Å². The number of benzene rings is 3. The number of carbonyl (C=O) groups is 1. The van der Waals surface area contributed by atoms with Crippen molar-refractivity contribution < 1.29 is 19.4 Å². The van der Waals surface area contributed by atoms with E-state index in [1.165, 1.54) is 22.3 Å². The van der Waals surface area contributed by atoms with Gasteiger partial charge in [0.1, 0.15) is 12.4 Å². The lowest BCUT2D eigenvalue weighted by Gasteiger charge is -2.29. The van der Waals surface area contributed by atoms with Crippen molar-refractivity contribution >= 4 is 6.09 Å². The number of hydrogen-bond donors (Lipinski definition) is 2. The van der Waals surface area contributed by atoms with Crippen LogP contribution in [0.4, 0.5) is 4.79 Å². The van der Waals surface area contributed by atoms with Crippen LogP contribution in [0.5, 0.6) is 5.75 Å². The Hall–Kier alpha value is -3.31. The van der Waals surface area contributed by atoms with Crippen LogP contribution in [-0.2, 0) is 11.2 Å². The predicted octanol–water partition coefficient (Wildman–Crippen LogP) is 4.53. The molecule has 2 N–H and O–H groups in total. The molecule has 4 rings (SSSR count). The zero-order valence-electron chi connectivity index (χ0n) is 17.8. The molecule has 5 heteroatoms. The van der Waals surface area contributed by atoms with Gasteiger partial charge in [-0.3, -0.25) is 0 Å². The summed E-state index contributed by atoms with van der Waals surface area (Å²) in [6.45, 7) is 1.84. The molecule has 0 bridgehead atoms. The summed E-state index contributed by atoms with van der Waals surface area (Å²) < 4.78 is 10.8. The summed E-state index contributed by atoms with van der Waals surface area (Å²) in [4.78, 5) is 12.6. The van der Waals surface area contributed by atoms with Crippen LogP contribution in [0.1, 0.15) is 29.5 Å². The maximum atomic E-state index is 12.6. The SMILES string of the molecule is COc1ccc(CC(C)(CO)NC(=O)OCC2c3ccccc3-c3ccccc32)cc1. The van der Waals surface area contributed by atoms with E-state index in [-0.39, 0.29) is 19.1 Å². The monoisotopic (exact) mass is 417 g/mol. The Bertz CT molecular complexity index is 1020. The van der Waals surface area contributed by atoms with E-state index in [1.807, 2.05) is 48.5 Å². The molecule has 0 heterocycles. The lowest BCUT2D eigenvalue weighted by atomic mass is 9.94. The number of rotatable bonds is 7. The normalized spacial score (nSPS) is 14.3. The molecule has 0 aliphatic heterocycles. The number of methoxy groups -OCH3 is 1. The molecule has 1 aliphatic rings. The van der Waals surface area contributed by atoms with Crippen molar-refractivity contribution in [3.8, 4) is 16.9 Å². The minimum absolute atomic E-state index is 0.000112. The molecule has 31 heavy (non-hydrogen) atoms. The van der Waals surface area contributed by atoms with E-state index < -0.39 is 11.6 Å². The van der Waals surface area contributed by atoms with Gasteiger partial charge in [-0.25, -0.2) is 4.79 Å². The van der Waals surface area contributed by atoms with E-state index in [4.69, 9.17) is 9.47 Å². The van der Waals surface area contributed by atoms with Gasteiger partial charge in [0, 0.05) is 5.92 Å². The highest BCUT2D eigenvalue weighted by Crippen LogP contribution is 2.44. The Morgan fingerprint density at radius 1 is 0.968 bits per heavy atom. The highest BCUT2D eigenvalue weighted by molar-refractivity contribution is 5.79. The fourth-order valence-corrected chi connectivity index (χ4v) is 4.21. The molecule has 0 aromatic heterocycles. The summed E-state index contributed by atoms with van der Waals surface area (Å²) in [7, 11) is 1.62. The molecular formula is C26H27NO4. The molecule has 0 fully saturated rings. The summed E-state index contributed by atoms with van der Waals surface area (Å²) in [5, 5.41) is 12.8. The molecule has 0 radical (unpaired) electrons. The van der Waals surface area contributed by atoms with Crippen LogP contribution in [0, 0.1) is 0 Å². The molecule has 160 valence electrons. The van der Waals surface area contributed by atoms with Crippen LogP contribution >= 0.6 is 0 Å². The van der Waals surface area contributed by atoms with Gasteiger partial charge >= 0.3 is 6.09 Å². The molecule has 0 saturated heterocycles. The molecule has 1 unspecified atom stereocenters. The van der Waals surface area contributed by atoms with Gasteiger partial charge in [-0.2, -0.15) is 0 Å². The van der Waals surface area contributed by atoms with E-state index >= 15 is 0 Å². The average molecular weight is 418 g/mol. The van der Waals surface area contributed by atoms with Crippen molar-refractivity contribution in [2.24, 2.45) is 0 Å². The molecule has 0 spiro atoms. The topological polar surface area (TPSA) is 67.8 Å². The highest BCUT2D eigenvalue weighted by Gasteiger charge is 2.31. The van der Waals surface area contributed by atoms with Crippen LogP contribution in [0.25, 0.3) is 11.1 Å². The Morgan fingerprint density at radius 2 is 1.55 bits per heavy atom. The number of fused-ring (bicyclic) bond motifs is 3. The molecule has 3 aromatic rings. The fourth-order valence-electron chi connectivity index (χ4n) is 4.21. The van der Waals surface area contributed by atoms with E-state index in [0.717, 1.165) is 11.3 Å². The highest BCUT2D eigenvalue weighted by atomic mass is 16.5. The van der Waals surface area contributed by atoms with Crippen LogP contribution in [0.2, 0.25) is 0 Å². The summed E-state index contributed by atoms with van der Waals surface area (Å²) in [5.41, 5.74) is 4.85. The van der Waals surface area contributed by atoms with Gasteiger partial charge in [-0.05, 0) is 53.3 Å². The fraction of sp³-hybridized carbons (Fsp3) is 0.269. The van der Waals surface area contributed by atoms with Gasteiger partial charge < -0.3 is 19.9 Å². The standard InChI is InChI=1S/C26H27NO4/c1-26(17-28,15-18-11-13-19(30-2)14-12-18)27-25(29)31-16-24-22-9-5-3-7-20(22)21-8-4-6-10-23(21)24/h3-14,24,28H,15-17H2,1-2H3,(H,27,29). The van der Waals surface area contributed by atoms with Crippen molar-refractivity contribution in [3.63, 3.8) is 0 Å². The van der Waals surface area contributed by atoms with E-state index in [0.29, 0.717) is 6.42 Å². The first-order chi connectivity index (χ1) is 15.0. The lowest BCUT2D eigenvalue weighted by molar-refractivity contribution is 0.114. The molecule has 1 amide bonds. The van der Waals surface area contributed by atoms with Crippen LogP contribution in [0.15, 0.2) is 72.8 Å². The van der Waals surface area contributed by atoms with Crippen LogP contribution in [0.3, 0.4) is 0 Å². The maximum absolute atomic E-state index is 12.6. The van der Waals surface area contributed by atoms with Gasteiger partial charge in [0.15, 0.2) is 0 Å². The van der Waals surface area contributed by atoms with Crippen LogP contribution in [-0.4, -0.2) is 37.1 Å². The molecule has 0 saturated carbocycles. The molecule has 3 aromatic carbocycles. The number of aliphatic hydroxyl groups excluding tert-OH is 1. The summed E-state index contributed by atoms with van der Waals surface area (Å²) in [6.07, 6.45) is -0.0653. The van der Waals surface area contributed by atoms with Gasteiger partial charge in [0.25, 0.3) is 0 Å². The zero-order valence-corrected chi connectivity index (χ0v) is 17.8. The van der Waals surface area contributed by atoms with Gasteiger partial charge in [0.2, 0.25) is 0 Å². The Kier molecular flexibility index (Phi) is 5.96. The second kappa shape index (κ2) is 8.82. The molecular weight excluding hydrogens is 390 g/mol. The minimum atomic E-state index is -0.836. The Balaban J connectivity index is 1.42. The molecule has 5 nitrogen and oxygen atoms in total. The van der Waals surface area contributed by atoms with Crippen molar-refractivity contribution in [3.05, 3.63) is 89.5 Å². The van der Waals surface area contributed by atoms with Gasteiger partial charge in [0.05, 0.1) is 19.3 Å². The smallest absolute Gasteiger partial charge is 0.407 e. The van der Waals surface area contributed by atoms with Crippen molar-refractivity contribution in [1.82, 2.24) is 5.32 Å². The third-order valence-electron chi connectivity index (χ3n) is 5.85. The third kappa shape index (κ3) is 4.42. The minimum Gasteiger partial charge on any atom is -0.497 e. The number of amides is 1. The van der Waals surface area contributed by atoms with E-state index in [2.05, 4.69) is 29.6 Å². The second-order valence-electron chi connectivity index (χ2n) is 8.19. The summed E-state index contributed by atoms with van der Waals surface area (Å²) in [6, 6.07) is 24.0. The second-order valence-corrected chi connectivity index (χ2v) is 8.19. The third-order valence-corrected chi connectivity index (χ3v) is 5.85. The number of carbonyl (C=O) groups excluding carboxylic acids is 1. The molecule has 1 aliphatic carbocycles. The van der Waals surface area contributed by atoms with Gasteiger partial charge in [-0.1, -0.05) is 60.7 Å². The Morgan fingerprint density at radius 3 is 2.10 bits per heavy atom. The number of ether oxygens (including phenoxy) is 2. The Labute approximate surface area is 182 Å². The first-order valence-corrected chi connectivity index (χ1v) is 10.4. The first-order valence-electron chi connectivity index (χ1n) is 10.4. The largest absolute Gasteiger partial charge is 0.497 e. The number of hydrogen-bond acceptors (Lipinski definition) is 4. The van der Waals surface area contributed by atoms with E-state index in [1.54, 1.807) is 14.0 Å².